The van der Waals surface area contributed by atoms with Crippen molar-refractivity contribution in [2.45, 2.75) is 52.6 Å². The van der Waals surface area contributed by atoms with Crippen molar-refractivity contribution in [3.8, 4) is 0 Å². The molecule has 0 radical (unpaired) electrons. The van der Waals surface area contributed by atoms with Crippen molar-refractivity contribution < 1.29 is 9.53 Å². The molecule has 0 fully saturated rings. The Balaban J connectivity index is 1.73. The van der Waals surface area contributed by atoms with E-state index in [1.165, 1.54) is 27.7 Å². The number of carbonyl (C=O) groups excluding carboxylic acids is 1. The summed E-state index contributed by atoms with van der Waals surface area (Å²) in [5.74, 6) is 0.370. The molecule has 24 heavy (non-hydrogen) atoms. The third-order valence-electron chi connectivity index (χ3n) is 5.30. The van der Waals surface area contributed by atoms with Gasteiger partial charge < -0.3 is 9.30 Å². The molecule has 1 aliphatic carbocycles. The largest absolute Gasteiger partial charge is 0.449 e. The van der Waals surface area contributed by atoms with Crippen LogP contribution in [-0.4, -0.2) is 28.7 Å². The van der Waals surface area contributed by atoms with Crippen LogP contribution in [0.1, 0.15) is 49.6 Å². The maximum absolute atomic E-state index is 12.6. The highest BCUT2D eigenvalue weighted by molar-refractivity contribution is 5.87. The molecule has 2 aliphatic rings. The van der Waals surface area contributed by atoms with Crippen molar-refractivity contribution in [2.75, 3.05) is 13.2 Å². The number of hydrogen-bond donors (Lipinski definition) is 0. The number of amides is 1. The van der Waals surface area contributed by atoms with Gasteiger partial charge in [-0.2, -0.15) is 0 Å². The first kappa shape index (κ1) is 15.6. The zero-order valence-corrected chi connectivity index (χ0v) is 14.8. The van der Waals surface area contributed by atoms with Gasteiger partial charge in [0.15, 0.2) is 0 Å². The molecule has 1 atom stereocenters. The first-order valence-corrected chi connectivity index (χ1v) is 9.11. The topological polar surface area (TPSA) is 34.5 Å². The lowest BCUT2D eigenvalue weighted by molar-refractivity contribution is 0.0634. The van der Waals surface area contributed by atoms with Crippen LogP contribution in [0.15, 0.2) is 18.2 Å². The van der Waals surface area contributed by atoms with Crippen LogP contribution in [0.4, 0.5) is 4.79 Å². The van der Waals surface area contributed by atoms with Gasteiger partial charge in [-0.1, -0.05) is 25.5 Å². The molecular formula is C20H26N2O2. The smallest absolute Gasteiger partial charge is 0.410 e. The number of rotatable bonds is 2. The van der Waals surface area contributed by atoms with Gasteiger partial charge in [0, 0.05) is 29.7 Å². The minimum atomic E-state index is -0.144. The zero-order chi connectivity index (χ0) is 16.8. The molecule has 0 saturated heterocycles. The fourth-order valence-electron chi connectivity index (χ4n) is 4.26. The molecule has 2 aromatic rings. The molecule has 0 N–H and O–H groups in total. The van der Waals surface area contributed by atoms with E-state index >= 15 is 0 Å². The Hall–Kier alpha value is -1.97. The molecule has 128 valence electrons. The number of benzene rings is 1. The van der Waals surface area contributed by atoms with E-state index in [0.717, 1.165) is 32.4 Å². The fraction of sp³-hybridized carbons (Fsp3) is 0.550. The Morgan fingerprint density at radius 1 is 1.33 bits per heavy atom. The van der Waals surface area contributed by atoms with Crippen molar-refractivity contribution in [1.29, 1.82) is 0 Å². The summed E-state index contributed by atoms with van der Waals surface area (Å²) in [7, 11) is 0. The Morgan fingerprint density at radius 3 is 2.96 bits per heavy atom. The van der Waals surface area contributed by atoms with E-state index in [9.17, 15) is 4.79 Å². The summed E-state index contributed by atoms with van der Waals surface area (Å²) >= 11 is 0. The fourth-order valence-corrected chi connectivity index (χ4v) is 4.26. The van der Waals surface area contributed by atoms with E-state index in [1.807, 2.05) is 4.90 Å². The molecule has 2 heterocycles. The average molecular weight is 326 g/mol. The van der Waals surface area contributed by atoms with Gasteiger partial charge in [0.1, 0.15) is 0 Å². The number of nitrogens with zero attached hydrogens (tertiary/aromatic N) is 2. The molecule has 1 amide bonds. The second-order valence-corrected chi connectivity index (χ2v) is 7.61. The van der Waals surface area contributed by atoms with Gasteiger partial charge in [0.05, 0.1) is 12.6 Å². The highest BCUT2D eigenvalue weighted by Gasteiger charge is 2.37. The van der Waals surface area contributed by atoms with Crippen LogP contribution in [0.3, 0.4) is 0 Å². The summed E-state index contributed by atoms with van der Waals surface area (Å²) in [6, 6.07) is 6.91. The SMILES string of the molecule is Cc1ccc2c(c1)c1c3n2CCN(C(=O)OCC(C)C)C3CCC1. The first-order chi connectivity index (χ1) is 11.6. The summed E-state index contributed by atoms with van der Waals surface area (Å²) in [6.45, 7) is 8.40. The summed E-state index contributed by atoms with van der Waals surface area (Å²) in [6.07, 6.45) is 3.15. The molecular weight excluding hydrogens is 300 g/mol. The van der Waals surface area contributed by atoms with Crippen LogP contribution < -0.4 is 0 Å². The van der Waals surface area contributed by atoms with Gasteiger partial charge in [-0.15, -0.1) is 0 Å². The van der Waals surface area contributed by atoms with E-state index in [1.54, 1.807) is 0 Å². The lowest BCUT2D eigenvalue weighted by atomic mass is 9.89. The molecule has 1 unspecified atom stereocenters. The van der Waals surface area contributed by atoms with Gasteiger partial charge in [-0.3, -0.25) is 4.90 Å². The second kappa shape index (κ2) is 5.83. The highest BCUT2D eigenvalue weighted by atomic mass is 16.6. The first-order valence-electron chi connectivity index (χ1n) is 9.11. The molecule has 0 spiro atoms. The Morgan fingerprint density at radius 2 is 2.17 bits per heavy atom. The maximum Gasteiger partial charge on any atom is 0.410 e. The van der Waals surface area contributed by atoms with Gasteiger partial charge >= 0.3 is 6.09 Å². The van der Waals surface area contributed by atoms with Crippen molar-refractivity contribution in [1.82, 2.24) is 9.47 Å². The quantitative estimate of drug-likeness (QED) is 0.818. The lowest BCUT2D eigenvalue weighted by Gasteiger charge is -2.39. The van der Waals surface area contributed by atoms with Crippen molar-refractivity contribution >= 4 is 17.0 Å². The van der Waals surface area contributed by atoms with Crippen LogP contribution in [0, 0.1) is 12.8 Å². The monoisotopic (exact) mass is 326 g/mol. The summed E-state index contributed by atoms with van der Waals surface area (Å²) in [5, 5.41) is 1.38. The van der Waals surface area contributed by atoms with Crippen LogP contribution >= 0.6 is 0 Å². The molecule has 0 saturated carbocycles. The normalized spacial score (nSPS) is 19.7. The minimum Gasteiger partial charge on any atom is -0.449 e. The summed E-state index contributed by atoms with van der Waals surface area (Å²) in [5.41, 5.74) is 5.44. The molecule has 4 nitrogen and oxygen atoms in total. The Kier molecular flexibility index (Phi) is 3.78. The van der Waals surface area contributed by atoms with Gasteiger partial charge in [0.25, 0.3) is 0 Å². The number of aromatic nitrogens is 1. The lowest BCUT2D eigenvalue weighted by Crippen LogP contribution is -2.43. The number of ether oxygens (including phenoxy) is 1. The van der Waals surface area contributed by atoms with E-state index in [0.29, 0.717) is 12.5 Å². The molecule has 1 aliphatic heterocycles. The third-order valence-corrected chi connectivity index (χ3v) is 5.30. The zero-order valence-electron chi connectivity index (χ0n) is 14.8. The van der Waals surface area contributed by atoms with Crippen molar-refractivity contribution in [3.63, 3.8) is 0 Å². The highest BCUT2D eigenvalue weighted by Crippen LogP contribution is 2.42. The van der Waals surface area contributed by atoms with Crippen molar-refractivity contribution in [2.24, 2.45) is 5.92 Å². The molecule has 4 heteroatoms. The number of carbonyl (C=O) groups is 1. The number of hydrogen-bond acceptors (Lipinski definition) is 2. The molecule has 1 aromatic heterocycles. The summed E-state index contributed by atoms with van der Waals surface area (Å²) < 4.78 is 7.97. The van der Waals surface area contributed by atoms with Gasteiger partial charge in [-0.05, 0) is 49.8 Å². The molecule has 1 aromatic carbocycles. The average Bonchev–Trinajstić information content (AvgIpc) is 2.88. The Labute approximate surface area is 143 Å². The van der Waals surface area contributed by atoms with Crippen LogP contribution in [-0.2, 0) is 17.7 Å². The van der Waals surface area contributed by atoms with Crippen molar-refractivity contribution in [3.05, 3.63) is 35.0 Å². The minimum absolute atomic E-state index is 0.144. The molecule has 4 rings (SSSR count). The van der Waals surface area contributed by atoms with E-state index in [4.69, 9.17) is 4.74 Å². The summed E-state index contributed by atoms with van der Waals surface area (Å²) in [4.78, 5) is 14.5. The predicted molar refractivity (Wildman–Crippen MR) is 95.2 cm³/mol. The van der Waals surface area contributed by atoms with Gasteiger partial charge in [0.2, 0.25) is 0 Å². The predicted octanol–water partition coefficient (Wildman–Crippen LogP) is 4.44. The number of aryl methyl sites for hydroxylation is 2. The van der Waals surface area contributed by atoms with E-state index < -0.39 is 0 Å². The third kappa shape index (κ3) is 2.40. The van der Waals surface area contributed by atoms with Crippen LogP contribution in [0.5, 0.6) is 0 Å². The second-order valence-electron chi connectivity index (χ2n) is 7.61. The number of fused-ring (bicyclic) bond motifs is 3. The standard InChI is InChI=1S/C20H26N2O2/c1-13(2)12-24-20(23)22-10-9-21-17-8-7-14(3)11-16(17)15-5-4-6-18(22)19(15)21/h7-8,11,13,18H,4-6,9-10,12H2,1-3H3. The van der Waals surface area contributed by atoms with Gasteiger partial charge in [-0.25, -0.2) is 4.79 Å². The van der Waals surface area contributed by atoms with Crippen LogP contribution in [0.25, 0.3) is 10.9 Å². The Bertz CT molecular complexity index is 791. The van der Waals surface area contributed by atoms with E-state index in [2.05, 4.69) is 43.5 Å². The van der Waals surface area contributed by atoms with E-state index in [-0.39, 0.29) is 12.1 Å². The molecule has 0 bridgehead atoms. The maximum atomic E-state index is 12.6. The van der Waals surface area contributed by atoms with Crippen LogP contribution in [0.2, 0.25) is 0 Å².